The standard InChI is InChI=1S/C11H16N2/c1-9(13-11-7-12-8-11)10-5-3-2-4-6-10/h2-6,9,11-13H,7-8H2,1H3/t9-/m0/s1. The number of hydrogen-bond donors (Lipinski definition) is 2. The Morgan fingerprint density at radius 2 is 2.00 bits per heavy atom. The molecule has 1 fully saturated rings. The molecule has 1 saturated heterocycles. The fraction of sp³-hybridized carbons (Fsp3) is 0.455. The molecule has 2 N–H and O–H groups in total. The van der Waals surface area contributed by atoms with Gasteiger partial charge in [0.2, 0.25) is 0 Å². The summed E-state index contributed by atoms with van der Waals surface area (Å²) in [6.07, 6.45) is 0. The van der Waals surface area contributed by atoms with E-state index in [1.54, 1.807) is 0 Å². The second-order valence-corrected chi connectivity index (χ2v) is 3.65. The van der Waals surface area contributed by atoms with Gasteiger partial charge in [-0.2, -0.15) is 0 Å². The van der Waals surface area contributed by atoms with Crippen molar-refractivity contribution in [2.24, 2.45) is 0 Å². The minimum Gasteiger partial charge on any atom is -0.314 e. The van der Waals surface area contributed by atoms with Crippen molar-refractivity contribution in [2.45, 2.75) is 19.0 Å². The largest absolute Gasteiger partial charge is 0.314 e. The summed E-state index contributed by atoms with van der Waals surface area (Å²) in [7, 11) is 0. The first-order valence-electron chi connectivity index (χ1n) is 4.88. The van der Waals surface area contributed by atoms with Crippen LogP contribution in [-0.4, -0.2) is 19.1 Å². The number of nitrogens with one attached hydrogen (secondary N) is 2. The molecule has 0 saturated carbocycles. The zero-order valence-electron chi connectivity index (χ0n) is 7.96. The second kappa shape index (κ2) is 3.90. The first-order chi connectivity index (χ1) is 6.36. The van der Waals surface area contributed by atoms with Crippen LogP contribution < -0.4 is 10.6 Å². The number of benzene rings is 1. The maximum atomic E-state index is 3.57. The first kappa shape index (κ1) is 8.73. The Labute approximate surface area is 79.4 Å². The molecule has 2 nitrogen and oxygen atoms in total. The predicted octanol–water partition coefficient (Wildman–Crippen LogP) is 1.31. The van der Waals surface area contributed by atoms with Crippen LogP contribution in [0.3, 0.4) is 0 Å². The van der Waals surface area contributed by atoms with E-state index in [2.05, 4.69) is 47.9 Å². The van der Waals surface area contributed by atoms with Crippen molar-refractivity contribution in [3.05, 3.63) is 35.9 Å². The molecule has 1 aromatic rings. The summed E-state index contributed by atoms with van der Waals surface area (Å²) in [5.74, 6) is 0. The van der Waals surface area contributed by atoms with E-state index >= 15 is 0 Å². The fourth-order valence-electron chi connectivity index (χ4n) is 1.60. The molecule has 0 aliphatic carbocycles. The van der Waals surface area contributed by atoms with E-state index in [0.29, 0.717) is 12.1 Å². The number of rotatable bonds is 3. The van der Waals surface area contributed by atoms with Gasteiger partial charge < -0.3 is 10.6 Å². The summed E-state index contributed by atoms with van der Waals surface area (Å²) in [5, 5.41) is 6.83. The molecular formula is C11H16N2. The first-order valence-corrected chi connectivity index (χ1v) is 4.88. The van der Waals surface area contributed by atoms with Crippen molar-refractivity contribution in [3.8, 4) is 0 Å². The molecule has 1 aliphatic rings. The number of hydrogen-bond acceptors (Lipinski definition) is 2. The van der Waals surface area contributed by atoms with Crippen LogP contribution in [0.5, 0.6) is 0 Å². The van der Waals surface area contributed by atoms with Gasteiger partial charge in [-0.05, 0) is 12.5 Å². The van der Waals surface area contributed by atoms with Crippen LogP contribution in [0, 0.1) is 0 Å². The van der Waals surface area contributed by atoms with Crippen LogP contribution >= 0.6 is 0 Å². The molecule has 0 aromatic heterocycles. The Bertz CT molecular complexity index is 254. The minimum atomic E-state index is 0.466. The zero-order chi connectivity index (χ0) is 9.10. The predicted molar refractivity (Wildman–Crippen MR) is 54.7 cm³/mol. The van der Waals surface area contributed by atoms with Crippen LogP contribution in [0.2, 0.25) is 0 Å². The lowest BCUT2D eigenvalue weighted by Gasteiger charge is -2.31. The third-order valence-corrected chi connectivity index (χ3v) is 2.57. The normalized spacial score (nSPS) is 19.5. The van der Waals surface area contributed by atoms with Crippen molar-refractivity contribution in [1.29, 1.82) is 0 Å². The van der Waals surface area contributed by atoms with Gasteiger partial charge in [0.15, 0.2) is 0 Å². The average molecular weight is 176 g/mol. The summed E-state index contributed by atoms with van der Waals surface area (Å²) in [6.45, 7) is 4.43. The summed E-state index contributed by atoms with van der Waals surface area (Å²) >= 11 is 0. The Morgan fingerprint density at radius 1 is 1.31 bits per heavy atom. The van der Waals surface area contributed by atoms with Crippen LogP contribution in [0.4, 0.5) is 0 Å². The molecule has 2 heteroatoms. The van der Waals surface area contributed by atoms with Gasteiger partial charge in [-0.3, -0.25) is 0 Å². The summed E-state index contributed by atoms with van der Waals surface area (Å²) in [5.41, 5.74) is 1.37. The molecule has 2 rings (SSSR count). The highest BCUT2D eigenvalue weighted by Gasteiger charge is 2.18. The van der Waals surface area contributed by atoms with E-state index in [9.17, 15) is 0 Å². The van der Waals surface area contributed by atoms with E-state index in [-0.39, 0.29) is 0 Å². The third-order valence-electron chi connectivity index (χ3n) is 2.57. The van der Waals surface area contributed by atoms with Crippen LogP contribution in [-0.2, 0) is 0 Å². The van der Waals surface area contributed by atoms with E-state index in [1.165, 1.54) is 5.56 Å². The second-order valence-electron chi connectivity index (χ2n) is 3.65. The lowest BCUT2D eigenvalue weighted by Crippen LogP contribution is -2.55. The lowest BCUT2D eigenvalue weighted by atomic mass is 10.1. The van der Waals surface area contributed by atoms with Gasteiger partial charge in [-0.25, -0.2) is 0 Å². The molecule has 1 heterocycles. The summed E-state index contributed by atoms with van der Waals surface area (Å²) < 4.78 is 0. The van der Waals surface area contributed by atoms with E-state index < -0.39 is 0 Å². The highest BCUT2D eigenvalue weighted by atomic mass is 15.1. The van der Waals surface area contributed by atoms with Crippen LogP contribution in [0.15, 0.2) is 30.3 Å². The monoisotopic (exact) mass is 176 g/mol. The summed E-state index contributed by atoms with van der Waals surface area (Å²) in [4.78, 5) is 0. The molecular weight excluding hydrogens is 160 g/mol. The van der Waals surface area contributed by atoms with Crippen LogP contribution in [0.25, 0.3) is 0 Å². The van der Waals surface area contributed by atoms with Gasteiger partial charge in [0.05, 0.1) is 0 Å². The van der Waals surface area contributed by atoms with Crippen molar-refractivity contribution in [2.75, 3.05) is 13.1 Å². The van der Waals surface area contributed by atoms with E-state index in [0.717, 1.165) is 13.1 Å². The Balaban J connectivity index is 1.92. The average Bonchev–Trinajstić information content (AvgIpc) is 2.12. The van der Waals surface area contributed by atoms with Gasteiger partial charge >= 0.3 is 0 Å². The van der Waals surface area contributed by atoms with Gasteiger partial charge in [-0.15, -0.1) is 0 Å². The maximum Gasteiger partial charge on any atom is 0.0322 e. The van der Waals surface area contributed by atoms with Crippen molar-refractivity contribution in [3.63, 3.8) is 0 Å². The SMILES string of the molecule is C[C@H](NC1CNC1)c1ccccc1. The molecule has 0 radical (unpaired) electrons. The Kier molecular flexibility index (Phi) is 2.62. The molecule has 0 bridgehead atoms. The summed E-state index contributed by atoms with van der Waals surface area (Å²) in [6, 6.07) is 11.7. The Hall–Kier alpha value is -0.860. The molecule has 0 amide bonds. The lowest BCUT2D eigenvalue weighted by molar-refractivity contribution is 0.338. The topological polar surface area (TPSA) is 24.1 Å². The van der Waals surface area contributed by atoms with Gasteiger partial charge in [-0.1, -0.05) is 30.3 Å². The van der Waals surface area contributed by atoms with Crippen LogP contribution in [0.1, 0.15) is 18.5 Å². The van der Waals surface area contributed by atoms with E-state index in [4.69, 9.17) is 0 Å². The molecule has 1 atom stereocenters. The highest BCUT2D eigenvalue weighted by Crippen LogP contribution is 2.12. The van der Waals surface area contributed by atoms with Gasteiger partial charge in [0, 0.05) is 25.2 Å². The van der Waals surface area contributed by atoms with E-state index in [1.807, 2.05) is 0 Å². The third kappa shape index (κ3) is 2.08. The Morgan fingerprint density at radius 3 is 2.54 bits per heavy atom. The van der Waals surface area contributed by atoms with Crippen molar-refractivity contribution < 1.29 is 0 Å². The zero-order valence-corrected chi connectivity index (χ0v) is 7.96. The maximum absolute atomic E-state index is 3.57. The molecule has 1 aromatic carbocycles. The molecule has 70 valence electrons. The van der Waals surface area contributed by atoms with Gasteiger partial charge in [0.1, 0.15) is 0 Å². The molecule has 13 heavy (non-hydrogen) atoms. The molecule has 0 unspecified atom stereocenters. The molecule has 0 spiro atoms. The van der Waals surface area contributed by atoms with Crippen molar-refractivity contribution in [1.82, 2.24) is 10.6 Å². The van der Waals surface area contributed by atoms with Crippen molar-refractivity contribution >= 4 is 0 Å². The highest BCUT2D eigenvalue weighted by molar-refractivity contribution is 5.18. The van der Waals surface area contributed by atoms with Gasteiger partial charge in [0.25, 0.3) is 0 Å². The minimum absolute atomic E-state index is 0.466. The molecule has 1 aliphatic heterocycles. The smallest absolute Gasteiger partial charge is 0.0322 e. The fourth-order valence-corrected chi connectivity index (χ4v) is 1.60. The quantitative estimate of drug-likeness (QED) is 0.725.